The van der Waals surface area contributed by atoms with E-state index in [1.54, 1.807) is 6.08 Å². The van der Waals surface area contributed by atoms with Gasteiger partial charge >= 0.3 is 0 Å². The lowest BCUT2D eigenvalue weighted by atomic mass is 9.88. The number of hydrogen-bond donors (Lipinski definition) is 0. The van der Waals surface area contributed by atoms with Crippen LogP contribution < -0.4 is 4.74 Å². The molecule has 2 amide bonds. The van der Waals surface area contributed by atoms with Crippen LogP contribution in [0.4, 0.5) is 0 Å². The molecular weight excluding hydrogens is 480 g/mol. The molecule has 0 spiro atoms. The van der Waals surface area contributed by atoms with E-state index in [4.69, 9.17) is 4.74 Å². The number of fused-ring (bicyclic) bond motifs is 3. The molecule has 5 rings (SSSR count). The van der Waals surface area contributed by atoms with E-state index >= 15 is 0 Å². The number of nitrogens with zero attached hydrogens (tertiary/aromatic N) is 2. The number of carbonyl (C=O) groups excluding carboxylic acids is 2. The Kier molecular flexibility index (Phi) is 7.28. The molecule has 0 saturated carbocycles. The molecule has 1 aromatic heterocycles. The van der Waals surface area contributed by atoms with Crippen LogP contribution in [0.15, 0.2) is 85.5 Å². The number of carbonyl (C=O) groups is 2. The average Bonchev–Trinajstić information content (AvgIpc) is 3.52. The van der Waals surface area contributed by atoms with Gasteiger partial charge in [0.15, 0.2) is 0 Å². The molecule has 2 aliphatic heterocycles. The maximum absolute atomic E-state index is 13.9. The summed E-state index contributed by atoms with van der Waals surface area (Å²) in [4.78, 5) is 32.8. The molecule has 37 heavy (non-hydrogen) atoms. The minimum Gasteiger partial charge on any atom is -0.494 e. The van der Waals surface area contributed by atoms with Gasteiger partial charge in [-0.2, -0.15) is 0 Å². The molecule has 3 atom stereocenters. The summed E-state index contributed by atoms with van der Waals surface area (Å²) in [6.45, 7) is 8.97. The Morgan fingerprint density at radius 2 is 1.92 bits per heavy atom. The molecule has 0 bridgehead atoms. The Labute approximate surface area is 222 Å². The lowest BCUT2D eigenvalue weighted by Gasteiger charge is -2.44. The standard InChI is InChI=1S/C31H32N2O3S/c1-4-9-22-19-23(20-27-25-10-7-8-11-26(25)30(34)33(22)27)32(18-5-2)31(35)29-17-16-28(37-29)21-12-14-24(15-13-21)36-6-3/h4-5,7-17,22-23,27H,2,6,18-20H2,1,3H3/b9-4+/t22-,23+,27+/m1/s1. The number of ether oxygens (including phenoxy) is 1. The van der Waals surface area contributed by atoms with E-state index in [0.29, 0.717) is 30.9 Å². The summed E-state index contributed by atoms with van der Waals surface area (Å²) in [6, 6.07) is 19.7. The quantitative estimate of drug-likeness (QED) is 0.314. The third kappa shape index (κ3) is 4.74. The van der Waals surface area contributed by atoms with Gasteiger partial charge in [0.2, 0.25) is 0 Å². The van der Waals surface area contributed by atoms with Gasteiger partial charge in [-0.1, -0.05) is 36.4 Å². The van der Waals surface area contributed by atoms with Crippen LogP contribution in [-0.2, 0) is 0 Å². The Bertz CT molecular complexity index is 1330. The van der Waals surface area contributed by atoms with Gasteiger partial charge < -0.3 is 14.5 Å². The van der Waals surface area contributed by atoms with Crippen LogP contribution in [0.5, 0.6) is 5.75 Å². The van der Waals surface area contributed by atoms with Crippen molar-refractivity contribution >= 4 is 23.2 Å². The summed E-state index contributed by atoms with van der Waals surface area (Å²) in [7, 11) is 0. The fraction of sp³-hybridized carbons (Fsp3) is 0.290. The summed E-state index contributed by atoms with van der Waals surface area (Å²) in [5.74, 6) is 0.935. The van der Waals surface area contributed by atoms with Crippen molar-refractivity contribution in [2.45, 2.75) is 44.8 Å². The lowest BCUT2D eigenvalue weighted by molar-refractivity contribution is 0.0350. The average molecular weight is 513 g/mol. The van der Waals surface area contributed by atoms with Crippen molar-refractivity contribution < 1.29 is 14.3 Å². The van der Waals surface area contributed by atoms with Crippen molar-refractivity contribution in [3.05, 3.63) is 101 Å². The molecule has 3 heterocycles. The van der Waals surface area contributed by atoms with Crippen molar-refractivity contribution in [3.8, 4) is 16.2 Å². The number of benzene rings is 2. The van der Waals surface area contributed by atoms with E-state index in [1.165, 1.54) is 11.3 Å². The predicted molar refractivity (Wildman–Crippen MR) is 149 cm³/mol. The van der Waals surface area contributed by atoms with Crippen molar-refractivity contribution in [2.75, 3.05) is 13.2 Å². The third-order valence-corrected chi connectivity index (χ3v) is 8.32. The van der Waals surface area contributed by atoms with Crippen LogP contribution in [0.3, 0.4) is 0 Å². The summed E-state index contributed by atoms with van der Waals surface area (Å²) >= 11 is 1.51. The van der Waals surface area contributed by atoms with Crippen molar-refractivity contribution in [2.24, 2.45) is 0 Å². The normalized spacial score (nSPS) is 20.5. The molecule has 3 aromatic rings. The Hall–Kier alpha value is -3.64. The lowest BCUT2D eigenvalue weighted by Crippen LogP contribution is -2.51. The highest BCUT2D eigenvalue weighted by Gasteiger charge is 2.46. The fourth-order valence-electron chi connectivity index (χ4n) is 5.60. The van der Waals surface area contributed by atoms with Gasteiger partial charge in [0.25, 0.3) is 11.8 Å². The summed E-state index contributed by atoms with van der Waals surface area (Å²) in [5.41, 5.74) is 2.90. The van der Waals surface area contributed by atoms with Crippen LogP contribution in [0, 0.1) is 0 Å². The minimum atomic E-state index is -0.0588. The topological polar surface area (TPSA) is 49.9 Å². The number of allylic oxidation sites excluding steroid dienone is 1. The number of thiophene rings is 1. The Morgan fingerprint density at radius 3 is 2.65 bits per heavy atom. The molecule has 0 unspecified atom stereocenters. The number of rotatable bonds is 8. The van der Waals surface area contributed by atoms with E-state index in [0.717, 1.165) is 27.3 Å². The van der Waals surface area contributed by atoms with Gasteiger partial charge in [0.1, 0.15) is 5.75 Å². The molecule has 1 saturated heterocycles. The number of piperidine rings is 1. The van der Waals surface area contributed by atoms with Crippen LogP contribution in [-0.4, -0.2) is 46.8 Å². The Balaban J connectivity index is 1.41. The van der Waals surface area contributed by atoms with Gasteiger partial charge in [0, 0.05) is 23.0 Å². The summed E-state index contributed by atoms with van der Waals surface area (Å²) in [6.07, 6.45) is 7.31. The van der Waals surface area contributed by atoms with Crippen LogP contribution in [0.2, 0.25) is 0 Å². The van der Waals surface area contributed by atoms with Gasteiger partial charge in [-0.3, -0.25) is 9.59 Å². The van der Waals surface area contributed by atoms with Gasteiger partial charge in [-0.05, 0) is 80.3 Å². The highest BCUT2D eigenvalue weighted by Crippen LogP contribution is 2.44. The van der Waals surface area contributed by atoms with Gasteiger partial charge in [-0.15, -0.1) is 17.9 Å². The van der Waals surface area contributed by atoms with Gasteiger partial charge in [0.05, 0.1) is 23.6 Å². The summed E-state index contributed by atoms with van der Waals surface area (Å²) < 4.78 is 5.55. The molecule has 5 nitrogen and oxygen atoms in total. The van der Waals surface area contributed by atoms with E-state index in [9.17, 15) is 9.59 Å². The maximum Gasteiger partial charge on any atom is 0.264 e. The molecular formula is C31H32N2O3S. The first-order chi connectivity index (χ1) is 18.0. The molecule has 0 aliphatic carbocycles. The zero-order chi connectivity index (χ0) is 25.9. The van der Waals surface area contributed by atoms with Crippen molar-refractivity contribution in [3.63, 3.8) is 0 Å². The largest absolute Gasteiger partial charge is 0.494 e. The van der Waals surface area contributed by atoms with Gasteiger partial charge in [-0.25, -0.2) is 0 Å². The fourth-order valence-corrected chi connectivity index (χ4v) is 6.57. The maximum atomic E-state index is 13.9. The van der Waals surface area contributed by atoms with E-state index in [2.05, 4.69) is 18.7 Å². The predicted octanol–water partition coefficient (Wildman–Crippen LogP) is 6.75. The number of hydrogen-bond acceptors (Lipinski definition) is 4. The monoisotopic (exact) mass is 512 g/mol. The third-order valence-electron chi connectivity index (χ3n) is 7.20. The van der Waals surface area contributed by atoms with Crippen molar-refractivity contribution in [1.29, 1.82) is 0 Å². The zero-order valence-corrected chi connectivity index (χ0v) is 22.1. The molecule has 190 valence electrons. The SMILES string of the molecule is C=CCN(C(=O)c1ccc(-c2ccc(OCC)cc2)s1)[C@H]1C[C@@H](/C=C/C)N2C(=O)c3ccccc3[C@@H]2C1. The molecule has 0 N–H and O–H groups in total. The van der Waals surface area contributed by atoms with E-state index < -0.39 is 0 Å². The van der Waals surface area contributed by atoms with E-state index in [-0.39, 0.29) is 29.9 Å². The smallest absolute Gasteiger partial charge is 0.264 e. The van der Waals surface area contributed by atoms with Crippen LogP contribution in [0.25, 0.3) is 10.4 Å². The first-order valence-electron chi connectivity index (χ1n) is 12.8. The zero-order valence-electron chi connectivity index (χ0n) is 21.3. The highest BCUT2D eigenvalue weighted by molar-refractivity contribution is 7.17. The van der Waals surface area contributed by atoms with E-state index in [1.807, 2.05) is 84.3 Å². The first-order valence-corrected chi connectivity index (χ1v) is 13.7. The summed E-state index contributed by atoms with van der Waals surface area (Å²) in [5, 5.41) is 0. The van der Waals surface area contributed by atoms with Crippen molar-refractivity contribution in [1.82, 2.24) is 9.80 Å². The minimum absolute atomic E-state index is 0.0112. The second kappa shape index (κ2) is 10.8. The molecule has 2 aliphatic rings. The second-order valence-corrected chi connectivity index (χ2v) is 10.5. The first kappa shape index (κ1) is 25.0. The molecule has 2 aromatic carbocycles. The van der Waals surface area contributed by atoms with Crippen LogP contribution in [0.1, 0.15) is 58.3 Å². The number of amides is 2. The highest BCUT2D eigenvalue weighted by atomic mass is 32.1. The molecule has 1 fully saturated rings. The Morgan fingerprint density at radius 1 is 1.14 bits per heavy atom. The molecule has 0 radical (unpaired) electrons. The van der Waals surface area contributed by atoms with Crippen LogP contribution >= 0.6 is 11.3 Å². The second-order valence-electron chi connectivity index (χ2n) is 9.40. The molecule has 6 heteroatoms.